The van der Waals surface area contributed by atoms with Crippen LogP contribution in [0.3, 0.4) is 0 Å². The molecule has 0 amide bonds. The van der Waals surface area contributed by atoms with Crippen molar-refractivity contribution in [3.05, 3.63) is 28.2 Å². The molecule has 2 aliphatic rings. The molecular weight excluding hydrogens is 289 g/mol. The first-order chi connectivity index (χ1) is 7.26. The topological polar surface area (TPSA) is 21.3 Å². The van der Waals surface area contributed by atoms with E-state index < -0.39 is 0 Å². The second kappa shape index (κ2) is 4.21. The van der Waals surface area contributed by atoms with E-state index in [2.05, 4.69) is 39.4 Å². The Morgan fingerprint density at radius 2 is 2.31 bits per heavy atom. The first-order valence-corrected chi connectivity index (χ1v) is 6.10. The average Bonchev–Trinajstić information content (AvgIpc) is 2.82. The minimum atomic E-state index is 0. The third kappa shape index (κ3) is 1.66. The number of nitrogens with one attached hydrogen (secondary N) is 1. The Balaban J connectivity index is 0.000000963. The number of benzene rings is 1. The predicted molar refractivity (Wildman–Crippen MR) is 70.6 cm³/mol. The Hall–Kier alpha value is -0.250. The zero-order chi connectivity index (χ0) is 10.5. The van der Waals surface area contributed by atoms with Gasteiger partial charge in [0.25, 0.3) is 0 Å². The van der Waals surface area contributed by atoms with Crippen LogP contribution < -0.4 is 10.1 Å². The summed E-state index contributed by atoms with van der Waals surface area (Å²) in [5.41, 5.74) is 1.89. The Kier molecular flexibility index (Phi) is 3.21. The number of fused-ring (bicyclic) bond motifs is 1. The van der Waals surface area contributed by atoms with E-state index in [0.717, 1.165) is 22.7 Å². The van der Waals surface area contributed by atoms with Gasteiger partial charge >= 0.3 is 0 Å². The molecule has 1 aromatic carbocycles. The van der Waals surface area contributed by atoms with E-state index in [9.17, 15) is 0 Å². The molecule has 0 spiro atoms. The van der Waals surface area contributed by atoms with Crippen LogP contribution in [0, 0.1) is 5.92 Å². The lowest BCUT2D eigenvalue weighted by molar-refractivity contribution is 0.411. The van der Waals surface area contributed by atoms with Crippen LogP contribution >= 0.6 is 28.3 Å². The Labute approximate surface area is 110 Å². The van der Waals surface area contributed by atoms with Gasteiger partial charge in [-0.2, -0.15) is 0 Å². The third-order valence-electron chi connectivity index (χ3n) is 3.79. The number of hydrogen-bond donors (Lipinski definition) is 1. The first kappa shape index (κ1) is 12.2. The second-order valence-electron chi connectivity index (χ2n) is 4.54. The molecule has 2 fully saturated rings. The molecule has 1 saturated carbocycles. The maximum Gasteiger partial charge on any atom is 0.133 e. The van der Waals surface area contributed by atoms with E-state index in [1.54, 1.807) is 7.11 Å². The molecule has 3 rings (SSSR count). The van der Waals surface area contributed by atoms with Gasteiger partial charge in [0.2, 0.25) is 0 Å². The summed E-state index contributed by atoms with van der Waals surface area (Å²) < 4.78 is 6.31. The average molecular weight is 305 g/mol. The molecule has 2 atom stereocenters. The van der Waals surface area contributed by atoms with Gasteiger partial charge in [0.1, 0.15) is 5.75 Å². The molecule has 16 heavy (non-hydrogen) atoms. The summed E-state index contributed by atoms with van der Waals surface area (Å²) in [6.07, 6.45) is 1.35. The normalized spacial score (nSPS) is 30.5. The summed E-state index contributed by atoms with van der Waals surface area (Å²) in [6, 6.07) is 6.48. The summed E-state index contributed by atoms with van der Waals surface area (Å²) in [5, 5.41) is 3.46. The molecule has 1 aliphatic heterocycles. The van der Waals surface area contributed by atoms with Gasteiger partial charge in [-0.3, -0.25) is 0 Å². The zero-order valence-corrected chi connectivity index (χ0v) is 11.5. The maximum atomic E-state index is 5.25. The quantitative estimate of drug-likeness (QED) is 0.907. The molecule has 0 radical (unpaired) electrons. The largest absolute Gasteiger partial charge is 0.496 e. The molecule has 0 bridgehead atoms. The fraction of sp³-hybridized carbons (Fsp3) is 0.500. The number of methoxy groups -OCH3 is 1. The van der Waals surface area contributed by atoms with Gasteiger partial charge in [0.15, 0.2) is 0 Å². The highest BCUT2D eigenvalue weighted by Crippen LogP contribution is 2.56. The van der Waals surface area contributed by atoms with E-state index in [-0.39, 0.29) is 12.4 Å². The zero-order valence-electron chi connectivity index (χ0n) is 9.13. The lowest BCUT2D eigenvalue weighted by atomic mass is 9.95. The van der Waals surface area contributed by atoms with Crippen molar-refractivity contribution in [2.45, 2.75) is 11.8 Å². The molecule has 1 heterocycles. The van der Waals surface area contributed by atoms with Crippen LogP contribution in [0.5, 0.6) is 5.75 Å². The van der Waals surface area contributed by atoms with Gasteiger partial charge in [0.05, 0.1) is 11.6 Å². The van der Waals surface area contributed by atoms with Crippen LogP contribution in [-0.2, 0) is 5.41 Å². The van der Waals surface area contributed by atoms with Gasteiger partial charge in [-0.15, -0.1) is 12.4 Å². The van der Waals surface area contributed by atoms with Gasteiger partial charge in [-0.25, -0.2) is 0 Å². The molecule has 1 N–H and O–H groups in total. The second-order valence-corrected chi connectivity index (χ2v) is 5.39. The summed E-state index contributed by atoms with van der Waals surface area (Å²) in [4.78, 5) is 0. The monoisotopic (exact) mass is 303 g/mol. The summed E-state index contributed by atoms with van der Waals surface area (Å²) in [6.45, 7) is 2.32. The predicted octanol–water partition coefficient (Wildman–Crippen LogP) is 2.74. The minimum absolute atomic E-state index is 0. The fourth-order valence-corrected chi connectivity index (χ4v) is 3.31. The van der Waals surface area contributed by atoms with E-state index >= 15 is 0 Å². The summed E-state index contributed by atoms with van der Waals surface area (Å²) in [5.74, 6) is 1.77. The molecule has 88 valence electrons. The number of piperidine rings is 1. The van der Waals surface area contributed by atoms with Gasteiger partial charge in [-0.1, -0.05) is 6.07 Å². The van der Waals surface area contributed by atoms with Gasteiger partial charge in [0, 0.05) is 12.0 Å². The van der Waals surface area contributed by atoms with Gasteiger partial charge in [-0.05, 0) is 52.5 Å². The van der Waals surface area contributed by atoms with Crippen LogP contribution in [0.1, 0.15) is 12.0 Å². The van der Waals surface area contributed by atoms with E-state index in [4.69, 9.17) is 4.74 Å². The highest BCUT2D eigenvalue weighted by molar-refractivity contribution is 9.10. The van der Waals surface area contributed by atoms with E-state index in [1.807, 2.05) is 0 Å². The van der Waals surface area contributed by atoms with Crippen LogP contribution in [0.25, 0.3) is 0 Å². The number of ether oxygens (including phenoxy) is 1. The lowest BCUT2D eigenvalue weighted by Gasteiger charge is -2.14. The lowest BCUT2D eigenvalue weighted by Crippen LogP contribution is -2.19. The molecule has 1 aliphatic carbocycles. The Bertz CT molecular complexity index is 412. The van der Waals surface area contributed by atoms with Gasteiger partial charge < -0.3 is 10.1 Å². The summed E-state index contributed by atoms with van der Waals surface area (Å²) >= 11 is 3.55. The first-order valence-electron chi connectivity index (χ1n) is 5.31. The van der Waals surface area contributed by atoms with Crippen molar-refractivity contribution < 1.29 is 4.74 Å². The molecule has 2 unspecified atom stereocenters. The fourth-order valence-electron chi connectivity index (χ4n) is 2.77. The van der Waals surface area contributed by atoms with Crippen molar-refractivity contribution >= 4 is 28.3 Å². The van der Waals surface area contributed by atoms with Crippen LogP contribution in [0.4, 0.5) is 0 Å². The molecule has 1 aromatic rings. The Morgan fingerprint density at radius 1 is 1.50 bits per heavy atom. The smallest absolute Gasteiger partial charge is 0.133 e. The third-order valence-corrected chi connectivity index (χ3v) is 4.41. The van der Waals surface area contributed by atoms with Crippen LogP contribution in [0.15, 0.2) is 22.7 Å². The van der Waals surface area contributed by atoms with E-state index in [1.165, 1.54) is 18.5 Å². The van der Waals surface area contributed by atoms with Crippen molar-refractivity contribution in [2.24, 2.45) is 5.92 Å². The number of hydrogen-bond acceptors (Lipinski definition) is 2. The SMILES string of the molecule is COc1ccc(C23CNCC2C3)cc1Br.Cl. The molecule has 4 heteroatoms. The van der Waals surface area contributed by atoms with Crippen molar-refractivity contribution in [2.75, 3.05) is 20.2 Å². The highest BCUT2D eigenvalue weighted by Gasteiger charge is 2.58. The minimum Gasteiger partial charge on any atom is -0.496 e. The molecule has 0 aromatic heterocycles. The molecular formula is C12H15BrClNO. The van der Waals surface area contributed by atoms with Crippen molar-refractivity contribution in [1.29, 1.82) is 0 Å². The highest BCUT2D eigenvalue weighted by atomic mass is 79.9. The Morgan fingerprint density at radius 3 is 2.81 bits per heavy atom. The van der Waals surface area contributed by atoms with Crippen LogP contribution in [0.2, 0.25) is 0 Å². The van der Waals surface area contributed by atoms with E-state index in [0.29, 0.717) is 5.41 Å². The van der Waals surface area contributed by atoms with Crippen molar-refractivity contribution in [3.8, 4) is 5.75 Å². The molecule has 1 saturated heterocycles. The van der Waals surface area contributed by atoms with Crippen molar-refractivity contribution in [1.82, 2.24) is 5.32 Å². The standard InChI is InChI=1S/C12H14BrNO.ClH/c1-15-11-3-2-8(4-10(11)13)12-5-9(12)6-14-7-12;/h2-4,9,14H,5-7H2,1H3;1H. The number of rotatable bonds is 2. The summed E-state index contributed by atoms with van der Waals surface area (Å²) in [7, 11) is 1.70. The van der Waals surface area contributed by atoms with Crippen LogP contribution in [-0.4, -0.2) is 20.2 Å². The molecule has 2 nitrogen and oxygen atoms in total. The number of halogens is 2. The van der Waals surface area contributed by atoms with Crippen molar-refractivity contribution in [3.63, 3.8) is 0 Å². The maximum absolute atomic E-state index is 5.25.